The molecule has 0 saturated carbocycles. The maximum atomic E-state index is 13.5. The Morgan fingerprint density at radius 2 is 1.68 bits per heavy atom. The van der Waals surface area contributed by atoms with Gasteiger partial charge in [0.2, 0.25) is 0 Å². The molecule has 1 N–H and O–H groups in total. The topological polar surface area (TPSA) is 20.2 Å². The molecule has 4 heteroatoms. The molecular formula is C15H13BrF2O. The quantitative estimate of drug-likeness (QED) is 0.904. The number of aliphatic hydroxyl groups excluding tert-OH is 1. The van der Waals surface area contributed by atoms with Crippen molar-refractivity contribution in [1.29, 1.82) is 0 Å². The summed E-state index contributed by atoms with van der Waals surface area (Å²) in [5.41, 5.74) is 1.29. The highest BCUT2D eigenvalue weighted by Gasteiger charge is 2.11. The molecule has 1 atom stereocenters. The Morgan fingerprint density at radius 1 is 1.00 bits per heavy atom. The van der Waals surface area contributed by atoms with Crippen molar-refractivity contribution in [2.45, 2.75) is 18.9 Å². The van der Waals surface area contributed by atoms with Crippen LogP contribution < -0.4 is 0 Å². The molecule has 0 spiro atoms. The van der Waals surface area contributed by atoms with Crippen molar-refractivity contribution in [3.05, 3.63) is 69.7 Å². The van der Waals surface area contributed by atoms with Crippen molar-refractivity contribution >= 4 is 15.9 Å². The lowest BCUT2D eigenvalue weighted by Crippen LogP contribution is -2.14. The molecule has 0 fully saturated rings. The molecule has 1 nitrogen and oxygen atoms in total. The summed E-state index contributed by atoms with van der Waals surface area (Å²) in [6.07, 6.45) is -0.108. The highest BCUT2D eigenvalue weighted by molar-refractivity contribution is 9.10. The van der Waals surface area contributed by atoms with E-state index in [0.717, 1.165) is 10.0 Å². The normalized spacial score (nSPS) is 12.4. The molecule has 0 aliphatic carbocycles. The third kappa shape index (κ3) is 4.11. The lowest BCUT2D eigenvalue weighted by molar-refractivity contribution is 0.174. The summed E-state index contributed by atoms with van der Waals surface area (Å²) < 4.78 is 27.1. The Labute approximate surface area is 119 Å². The molecule has 0 heterocycles. The fourth-order valence-corrected chi connectivity index (χ4v) is 2.33. The van der Waals surface area contributed by atoms with Crippen LogP contribution in [0, 0.1) is 11.6 Å². The molecule has 0 saturated heterocycles. The van der Waals surface area contributed by atoms with Gasteiger partial charge in [0.25, 0.3) is 0 Å². The first-order chi connectivity index (χ1) is 9.04. The van der Waals surface area contributed by atoms with E-state index in [1.165, 1.54) is 18.2 Å². The van der Waals surface area contributed by atoms with Gasteiger partial charge < -0.3 is 5.11 Å². The third-order valence-electron chi connectivity index (χ3n) is 2.85. The first-order valence-electron chi connectivity index (χ1n) is 5.91. The number of rotatable bonds is 4. The fourth-order valence-electron chi connectivity index (χ4n) is 1.92. The van der Waals surface area contributed by atoms with Crippen molar-refractivity contribution in [2.75, 3.05) is 0 Å². The summed E-state index contributed by atoms with van der Waals surface area (Å²) in [5.74, 6) is -0.641. The van der Waals surface area contributed by atoms with E-state index < -0.39 is 6.10 Å². The van der Waals surface area contributed by atoms with Crippen LogP contribution in [0.15, 0.2) is 46.9 Å². The van der Waals surface area contributed by atoms with Gasteiger partial charge in [-0.05, 0) is 47.9 Å². The molecule has 0 amide bonds. The zero-order valence-corrected chi connectivity index (χ0v) is 11.7. The fraction of sp³-hybridized carbons (Fsp3) is 0.200. The number of benzene rings is 2. The van der Waals surface area contributed by atoms with Gasteiger partial charge in [0.1, 0.15) is 11.6 Å². The molecule has 1 unspecified atom stereocenters. The summed E-state index contributed by atoms with van der Waals surface area (Å²) in [5, 5.41) is 9.96. The summed E-state index contributed by atoms with van der Waals surface area (Å²) in [6, 6.07) is 10.6. The van der Waals surface area contributed by atoms with E-state index in [2.05, 4.69) is 15.9 Å². The minimum absolute atomic E-state index is 0.225. The third-order valence-corrected chi connectivity index (χ3v) is 3.34. The highest BCUT2D eigenvalue weighted by atomic mass is 79.9. The van der Waals surface area contributed by atoms with E-state index in [1.807, 2.05) is 0 Å². The molecule has 0 aromatic heterocycles. The predicted octanol–water partition coefficient (Wildman–Crippen LogP) is 3.87. The Hall–Kier alpha value is -1.26. The zero-order chi connectivity index (χ0) is 13.8. The molecular weight excluding hydrogens is 314 g/mol. The molecule has 2 aromatic carbocycles. The van der Waals surface area contributed by atoms with Gasteiger partial charge in [0.15, 0.2) is 0 Å². The predicted molar refractivity (Wildman–Crippen MR) is 73.9 cm³/mol. The SMILES string of the molecule is OC(Cc1ccc(F)cc1)Cc1cc(Br)ccc1F. The van der Waals surface area contributed by atoms with Crippen LogP contribution in [0.5, 0.6) is 0 Å². The van der Waals surface area contributed by atoms with Gasteiger partial charge in [-0.3, -0.25) is 0 Å². The van der Waals surface area contributed by atoms with Gasteiger partial charge in [-0.15, -0.1) is 0 Å². The van der Waals surface area contributed by atoms with Crippen molar-refractivity contribution in [3.8, 4) is 0 Å². The van der Waals surface area contributed by atoms with Crippen LogP contribution in [0.25, 0.3) is 0 Å². The van der Waals surface area contributed by atoms with Crippen molar-refractivity contribution < 1.29 is 13.9 Å². The second-order valence-corrected chi connectivity index (χ2v) is 5.34. The van der Waals surface area contributed by atoms with Gasteiger partial charge in [0, 0.05) is 10.9 Å². The first kappa shape index (κ1) is 14.2. The van der Waals surface area contributed by atoms with Crippen LogP contribution >= 0.6 is 15.9 Å². The van der Waals surface area contributed by atoms with Gasteiger partial charge in [-0.25, -0.2) is 8.78 Å². The summed E-state index contributed by atoms with van der Waals surface area (Å²) >= 11 is 3.27. The Balaban J connectivity index is 2.02. The maximum absolute atomic E-state index is 13.5. The van der Waals surface area contributed by atoms with Gasteiger partial charge >= 0.3 is 0 Å². The molecule has 0 radical (unpaired) electrons. The molecule has 0 bridgehead atoms. The van der Waals surface area contributed by atoms with E-state index in [1.54, 1.807) is 24.3 Å². The van der Waals surface area contributed by atoms with Crippen molar-refractivity contribution in [2.24, 2.45) is 0 Å². The van der Waals surface area contributed by atoms with Gasteiger partial charge in [-0.1, -0.05) is 28.1 Å². The van der Waals surface area contributed by atoms with E-state index in [9.17, 15) is 13.9 Å². The highest BCUT2D eigenvalue weighted by Crippen LogP contribution is 2.18. The molecule has 0 aliphatic heterocycles. The van der Waals surface area contributed by atoms with Crippen LogP contribution in [0.4, 0.5) is 8.78 Å². The molecule has 2 rings (SSSR count). The molecule has 2 aromatic rings. The Morgan fingerprint density at radius 3 is 2.37 bits per heavy atom. The minimum Gasteiger partial charge on any atom is -0.392 e. The van der Waals surface area contributed by atoms with E-state index in [0.29, 0.717) is 12.0 Å². The van der Waals surface area contributed by atoms with Gasteiger partial charge in [0.05, 0.1) is 6.10 Å². The van der Waals surface area contributed by atoms with Crippen LogP contribution in [-0.4, -0.2) is 11.2 Å². The smallest absolute Gasteiger partial charge is 0.126 e. The number of hydrogen-bond donors (Lipinski definition) is 1. The Kier molecular flexibility index (Phi) is 4.66. The number of hydrogen-bond acceptors (Lipinski definition) is 1. The largest absolute Gasteiger partial charge is 0.392 e. The van der Waals surface area contributed by atoms with Crippen molar-refractivity contribution in [1.82, 2.24) is 0 Å². The minimum atomic E-state index is -0.700. The zero-order valence-electron chi connectivity index (χ0n) is 10.1. The second-order valence-electron chi connectivity index (χ2n) is 4.42. The summed E-state index contributed by atoms with van der Waals surface area (Å²) in [7, 11) is 0. The Bertz CT molecular complexity index is 555. The monoisotopic (exact) mass is 326 g/mol. The van der Waals surface area contributed by atoms with Crippen LogP contribution in [0.3, 0.4) is 0 Å². The van der Waals surface area contributed by atoms with Crippen LogP contribution in [0.1, 0.15) is 11.1 Å². The van der Waals surface area contributed by atoms with Crippen LogP contribution in [0.2, 0.25) is 0 Å². The molecule has 19 heavy (non-hydrogen) atoms. The lowest BCUT2D eigenvalue weighted by Gasteiger charge is -2.11. The van der Waals surface area contributed by atoms with E-state index in [-0.39, 0.29) is 18.1 Å². The number of halogens is 3. The summed E-state index contributed by atoms with van der Waals surface area (Å²) in [4.78, 5) is 0. The summed E-state index contributed by atoms with van der Waals surface area (Å²) in [6.45, 7) is 0. The van der Waals surface area contributed by atoms with Crippen LogP contribution in [-0.2, 0) is 12.8 Å². The van der Waals surface area contributed by atoms with E-state index >= 15 is 0 Å². The average Bonchev–Trinajstić information content (AvgIpc) is 2.37. The maximum Gasteiger partial charge on any atom is 0.126 e. The van der Waals surface area contributed by atoms with Gasteiger partial charge in [-0.2, -0.15) is 0 Å². The molecule has 100 valence electrons. The first-order valence-corrected chi connectivity index (χ1v) is 6.70. The second kappa shape index (κ2) is 6.26. The molecule has 0 aliphatic rings. The standard InChI is InChI=1S/C15H13BrF2O/c16-12-3-6-15(18)11(8-12)9-14(19)7-10-1-4-13(17)5-2-10/h1-6,8,14,19H,7,9H2. The van der Waals surface area contributed by atoms with Crippen molar-refractivity contribution in [3.63, 3.8) is 0 Å². The average molecular weight is 327 g/mol. The lowest BCUT2D eigenvalue weighted by atomic mass is 10.0. The number of aliphatic hydroxyl groups is 1. The van der Waals surface area contributed by atoms with E-state index in [4.69, 9.17) is 0 Å².